The fourth-order valence-corrected chi connectivity index (χ4v) is 5.50. The second-order valence-electron chi connectivity index (χ2n) is 9.43. The molecule has 0 aliphatic carbocycles. The Labute approximate surface area is 213 Å². The minimum absolute atomic E-state index is 0.0630. The van der Waals surface area contributed by atoms with E-state index < -0.39 is 5.41 Å². The molecule has 10 nitrogen and oxygen atoms in total. The Balaban J connectivity index is 1.24. The van der Waals surface area contributed by atoms with E-state index in [9.17, 15) is 9.59 Å². The zero-order valence-electron chi connectivity index (χ0n) is 20.7. The fraction of sp³-hybridized carbons (Fsp3) is 0.296. The normalized spacial score (nSPS) is 16.1. The molecular weight excluding hydrogens is 470 g/mol. The van der Waals surface area contributed by atoms with E-state index in [1.807, 2.05) is 48.5 Å². The van der Waals surface area contributed by atoms with Crippen LogP contribution in [-0.2, 0) is 23.8 Å². The molecule has 0 radical (unpaired) electrons. The third-order valence-electron chi connectivity index (χ3n) is 7.51. The van der Waals surface area contributed by atoms with Crippen LogP contribution in [0.1, 0.15) is 34.6 Å². The standard InChI is InChI=1S/C27H27N7O3/c1-33-22-21(32-24(33)25(35)28-15-17-7-3-6-10-20(17)37-2)23(30-16-29-22)34-13-11-27(12-14-34)18-8-4-5-9-19(18)31-26(27)36/h3-10,16H,11-15H2,1-2H3,(H,28,35)(H,31,36). The van der Waals surface area contributed by atoms with Crippen LogP contribution in [0.25, 0.3) is 11.2 Å². The number of carbonyl (C=O) groups excluding carboxylic acids is 2. The predicted molar refractivity (Wildman–Crippen MR) is 139 cm³/mol. The summed E-state index contributed by atoms with van der Waals surface area (Å²) in [5.41, 5.74) is 3.47. The Bertz CT molecular complexity index is 1520. The number of benzene rings is 2. The Morgan fingerprint density at radius 3 is 2.68 bits per heavy atom. The lowest BCUT2D eigenvalue weighted by atomic mass is 9.73. The SMILES string of the molecule is COc1ccccc1CNC(=O)c1nc2c(N3CCC4(CC3)C(=O)Nc3ccccc34)ncnc2n1C. The first-order valence-electron chi connectivity index (χ1n) is 12.3. The maximum atomic E-state index is 13.1. The number of amides is 2. The van der Waals surface area contributed by atoms with E-state index in [0.29, 0.717) is 55.2 Å². The number of nitrogens with one attached hydrogen (secondary N) is 2. The molecule has 2 aromatic carbocycles. The monoisotopic (exact) mass is 497 g/mol. The molecule has 4 heterocycles. The Morgan fingerprint density at radius 1 is 1.11 bits per heavy atom. The lowest BCUT2D eigenvalue weighted by molar-refractivity contribution is -0.121. The van der Waals surface area contributed by atoms with Gasteiger partial charge in [-0.1, -0.05) is 36.4 Å². The van der Waals surface area contributed by atoms with Crippen molar-refractivity contribution in [3.8, 4) is 5.75 Å². The summed E-state index contributed by atoms with van der Waals surface area (Å²) in [6.07, 6.45) is 2.83. The number of hydrogen-bond acceptors (Lipinski definition) is 7. The van der Waals surface area contributed by atoms with E-state index in [4.69, 9.17) is 4.74 Å². The highest BCUT2D eigenvalue weighted by Crippen LogP contribution is 2.45. The number of anilines is 2. The molecule has 0 bridgehead atoms. The average molecular weight is 498 g/mol. The van der Waals surface area contributed by atoms with E-state index in [1.165, 1.54) is 6.33 Å². The minimum Gasteiger partial charge on any atom is -0.496 e. The number of fused-ring (bicyclic) bond motifs is 3. The molecule has 2 aromatic heterocycles. The Hall–Kier alpha value is -4.47. The van der Waals surface area contributed by atoms with Gasteiger partial charge in [-0.25, -0.2) is 15.0 Å². The first kappa shape index (κ1) is 23.0. The molecule has 0 unspecified atom stereocenters. The second-order valence-corrected chi connectivity index (χ2v) is 9.43. The van der Waals surface area contributed by atoms with Crippen molar-refractivity contribution >= 4 is 34.5 Å². The first-order valence-corrected chi connectivity index (χ1v) is 12.3. The molecule has 2 amide bonds. The summed E-state index contributed by atoms with van der Waals surface area (Å²) in [7, 11) is 3.38. The Kier molecular flexibility index (Phi) is 5.51. The van der Waals surface area contributed by atoms with E-state index in [1.54, 1.807) is 18.7 Å². The van der Waals surface area contributed by atoms with Gasteiger partial charge in [0.1, 0.15) is 12.1 Å². The number of methoxy groups -OCH3 is 1. The van der Waals surface area contributed by atoms with Crippen LogP contribution in [0.3, 0.4) is 0 Å². The first-order chi connectivity index (χ1) is 18.0. The topological polar surface area (TPSA) is 114 Å². The summed E-state index contributed by atoms with van der Waals surface area (Å²) >= 11 is 0. The van der Waals surface area contributed by atoms with E-state index in [-0.39, 0.29) is 17.6 Å². The fourth-order valence-electron chi connectivity index (χ4n) is 5.50. The number of piperidine rings is 1. The van der Waals surface area contributed by atoms with E-state index in [2.05, 4.69) is 30.5 Å². The van der Waals surface area contributed by atoms with Crippen molar-refractivity contribution < 1.29 is 14.3 Å². The third kappa shape index (κ3) is 3.67. The van der Waals surface area contributed by atoms with Gasteiger partial charge in [0.2, 0.25) is 11.7 Å². The van der Waals surface area contributed by atoms with Gasteiger partial charge in [0.15, 0.2) is 17.0 Å². The summed E-state index contributed by atoms with van der Waals surface area (Å²) in [6.45, 7) is 1.59. The van der Waals surface area contributed by atoms with Gasteiger partial charge >= 0.3 is 0 Å². The maximum absolute atomic E-state index is 13.1. The summed E-state index contributed by atoms with van der Waals surface area (Å²) in [5.74, 6) is 1.39. The molecule has 0 atom stereocenters. The van der Waals surface area contributed by atoms with Gasteiger partial charge < -0.3 is 24.8 Å². The van der Waals surface area contributed by atoms with Crippen molar-refractivity contribution in [3.05, 3.63) is 71.8 Å². The zero-order chi connectivity index (χ0) is 25.6. The number of para-hydroxylation sites is 2. The summed E-state index contributed by atoms with van der Waals surface area (Å²) in [4.78, 5) is 41.8. The lowest BCUT2D eigenvalue weighted by Gasteiger charge is -2.38. The average Bonchev–Trinajstić information content (AvgIpc) is 3.42. The van der Waals surface area contributed by atoms with Crippen LogP contribution in [0.4, 0.5) is 11.5 Å². The van der Waals surface area contributed by atoms with Gasteiger partial charge in [-0.05, 0) is 30.5 Å². The van der Waals surface area contributed by atoms with Gasteiger partial charge in [0.05, 0.1) is 12.5 Å². The second kappa shape index (κ2) is 8.88. The van der Waals surface area contributed by atoms with Gasteiger partial charge in [-0.2, -0.15) is 0 Å². The van der Waals surface area contributed by atoms with Crippen LogP contribution in [0, 0.1) is 0 Å². The number of imidazole rings is 1. The smallest absolute Gasteiger partial charge is 0.287 e. The van der Waals surface area contributed by atoms with Gasteiger partial charge in [0, 0.05) is 37.9 Å². The molecule has 1 spiro atoms. The highest BCUT2D eigenvalue weighted by Gasteiger charge is 2.48. The Morgan fingerprint density at radius 2 is 1.86 bits per heavy atom. The van der Waals surface area contributed by atoms with Crippen LogP contribution in [0.5, 0.6) is 5.75 Å². The number of rotatable bonds is 5. The van der Waals surface area contributed by atoms with Crippen LogP contribution in [0.2, 0.25) is 0 Å². The minimum atomic E-state index is -0.521. The van der Waals surface area contributed by atoms with Crippen molar-refractivity contribution in [1.82, 2.24) is 24.8 Å². The number of aryl methyl sites for hydroxylation is 1. The van der Waals surface area contributed by atoms with Crippen LogP contribution in [0.15, 0.2) is 54.9 Å². The van der Waals surface area contributed by atoms with E-state index in [0.717, 1.165) is 16.8 Å². The van der Waals surface area contributed by atoms with Gasteiger partial charge in [0.25, 0.3) is 5.91 Å². The highest BCUT2D eigenvalue weighted by molar-refractivity contribution is 6.06. The number of carbonyl (C=O) groups is 2. The number of nitrogens with zero attached hydrogens (tertiary/aromatic N) is 5. The maximum Gasteiger partial charge on any atom is 0.287 e. The van der Waals surface area contributed by atoms with E-state index >= 15 is 0 Å². The molecule has 4 aromatic rings. The highest BCUT2D eigenvalue weighted by atomic mass is 16.5. The van der Waals surface area contributed by atoms with Crippen LogP contribution < -0.4 is 20.3 Å². The van der Waals surface area contributed by atoms with Crippen molar-refractivity contribution in [2.45, 2.75) is 24.8 Å². The zero-order valence-corrected chi connectivity index (χ0v) is 20.7. The molecular formula is C27H27N7O3. The molecule has 6 rings (SSSR count). The van der Waals surface area contributed by atoms with Crippen LogP contribution >= 0.6 is 0 Å². The van der Waals surface area contributed by atoms with Crippen molar-refractivity contribution in [3.63, 3.8) is 0 Å². The van der Waals surface area contributed by atoms with Gasteiger partial charge in [-0.15, -0.1) is 0 Å². The molecule has 37 heavy (non-hydrogen) atoms. The molecule has 1 saturated heterocycles. The molecule has 2 aliphatic rings. The van der Waals surface area contributed by atoms with Gasteiger partial charge in [-0.3, -0.25) is 9.59 Å². The largest absolute Gasteiger partial charge is 0.496 e. The summed E-state index contributed by atoms with van der Waals surface area (Å²) < 4.78 is 7.06. The molecule has 2 aliphatic heterocycles. The number of hydrogen-bond donors (Lipinski definition) is 2. The number of ether oxygens (including phenoxy) is 1. The summed E-state index contributed by atoms with van der Waals surface area (Å²) in [5, 5.41) is 5.97. The van der Waals surface area contributed by atoms with Crippen molar-refractivity contribution in [2.75, 3.05) is 30.4 Å². The van der Waals surface area contributed by atoms with Crippen LogP contribution in [-0.4, -0.2) is 51.5 Å². The molecule has 1 fully saturated rings. The molecule has 10 heteroatoms. The number of aromatic nitrogens is 4. The molecule has 0 saturated carbocycles. The third-order valence-corrected chi connectivity index (χ3v) is 7.51. The quantitative estimate of drug-likeness (QED) is 0.436. The molecule has 2 N–H and O–H groups in total. The lowest BCUT2D eigenvalue weighted by Crippen LogP contribution is -2.46. The molecule has 188 valence electrons. The predicted octanol–water partition coefficient (Wildman–Crippen LogP) is 2.79. The van der Waals surface area contributed by atoms with Crippen molar-refractivity contribution in [2.24, 2.45) is 7.05 Å². The summed E-state index contributed by atoms with van der Waals surface area (Å²) in [6, 6.07) is 15.5. The van der Waals surface area contributed by atoms with Crippen molar-refractivity contribution in [1.29, 1.82) is 0 Å².